The molecule has 1 aromatic rings. The van der Waals surface area contributed by atoms with Gasteiger partial charge in [0.05, 0.1) is 20.6 Å². The van der Waals surface area contributed by atoms with E-state index < -0.39 is 0 Å². The summed E-state index contributed by atoms with van der Waals surface area (Å²) < 4.78 is 1.11. The van der Waals surface area contributed by atoms with Crippen LogP contribution in [-0.2, 0) is 6.42 Å². The van der Waals surface area contributed by atoms with Crippen LogP contribution >= 0.6 is 0 Å². The molecule has 0 saturated carbocycles. The first-order chi connectivity index (χ1) is 8.62. The van der Waals surface area contributed by atoms with Gasteiger partial charge in [0.1, 0.15) is 6.04 Å². The molecule has 2 atom stereocenters. The van der Waals surface area contributed by atoms with Crippen molar-refractivity contribution in [3.63, 3.8) is 0 Å². The van der Waals surface area contributed by atoms with Gasteiger partial charge in [-0.2, -0.15) is 0 Å². The minimum absolute atomic E-state index is 0. The van der Waals surface area contributed by atoms with Gasteiger partial charge in [-0.1, -0.05) is 30.3 Å². The first-order valence-electron chi connectivity index (χ1n) is 6.85. The smallest absolute Gasteiger partial charge is 0.114 e. The molecule has 0 spiro atoms. The molecular weight excluding hydrogens is 298 g/mol. The summed E-state index contributed by atoms with van der Waals surface area (Å²) in [7, 11) is 4.72. The molecule has 2 heteroatoms. The summed E-state index contributed by atoms with van der Waals surface area (Å²) in [4.78, 5) is 0. The van der Waals surface area contributed by atoms with Gasteiger partial charge >= 0.3 is 0 Å². The van der Waals surface area contributed by atoms with Gasteiger partial charge in [0.2, 0.25) is 0 Å². The van der Waals surface area contributed by atoms with Crippen molar-refractivity contribution in [2.75, 3.05) is 20.6 Å². The molecule has 19 heavy (non-hydrogen) atoms. The van der Waals surface area contributed by atoms with Gasteiger partial charge in [-0.05, 0) is 29.2 Å². The summed E-state index contributed by atoms with van der Waals surface area (Å²) in [6, 6.07) is 9.47. The third-order valence-electron chi connectivity index (χ3n) is 4.62. The second-order valence-electron chi connectivity index (χ2n) is 6.25. The number of hydrogen-bond donors (Lipinski definition) is 0. The van der Waals surface area contributed by atoms with Gasteiger partial charge < -0.3 is 21.5 Å². The van der Waals surface area contributed by atoms with E-state index >= 15 is 0 Å². The topological polar surface area (TPSA) is 0 Å². The second kappa shape index (κ2) is 5.26. The number of nitrogens with zero attached hydrogens (tertiary/aromatic N) is 1. The first-order valence-corrected chi connectivity index (χ1v) is 6.85. The van der Waals surface area contributed by atoms with Gasteiger partial charge in [-0.3, -0.25) is 0 Å². The van der Waals surface area contributed by atoms with E-state index in [9.17, 15) is 0 Å². The largest absolute Gasteiger partial charge is 1.00 e. The van der Waals surface area contributed by atoms with E-state index in [4.69, 9.17) is 0 Å². The summed E-state index contributed by atoms with van der Waals surface area (Å²) in [5.41, 5.74) is 4.60. The average molecular weight is 320 g/mol. The molecule has 0 radical (unpaired) electrons. The van der Waals surface area contributed by atoms with Crippen LogP contribution in [0.4, 0.5) is 0 Å². The molecule has 2 unspecified atom stereocenters. The van der Waals surface area contributed by atoms with Gasteiger partial charge in [0.15, 0.2) is 0 Å². The van der Waals surface area contributed by atoms with Gasteiger partial charge in [0.25, 0.3) is 0 Å². The maximum atomic E-state index is 3.93. The molecule has 1 fully saturated rings. The fraction of sp³-hybridized carbons (Fsp3) is 0.412. The van der Waals surface area contributed by atoms with E-state index in [0.29, 0.717) is 6.04 Å². The summed E-state index contributed by atoms with van der Waals surface area (Å²) in [5.74, 6) is 0.736. The fourth-order valence-corrected chi connectivity index (χ4v) is 3.76. The molecule has 1 saturated heterocycles. The van der Waals surface area contributed by atoms with Gasteiger partial charge in [-0.15, -0.1) is 6.58 Å². The quantitative estimate of drug-likeness (QED) is 0.542. The number of hydrogen-bond acceptors (Lipinski definition) is 0. The number of likely N-dealkylation sites (N-methyl/N-ethyl adjacent to an activating group) is 1. The Hall–Kier alpha value is -0.860. The van der Waals surface area contributed by atoms with Crippen LogP contribution < -0.4 is 17.0 Å². The van der Waals surface area contributed by atoms with Crippen LogP contribution in [0, 0.1) is 5.92 Å². The highest BCUT2D eigenvalue weighted by atomic mass is 79.9. The second-order valence-corrected chi connectivity index (χ2v) is 6.25. The molecule has 0 aromatic heterocycles. The molecule has 2 aliphatic rings. The van der Waals surface area contributed by atoms with Crippen LogP contribution in [0.5, 0.6) is 0 Å². The predicted octanol–water partition coefficient (Wildman–Crippen LogP) is 0.281. The van der Waals surface area contributed by atoms with E-state index in [0.717, 1.165) is 16.8 Å². The Labute approximate surface area is 127 Å². The third kappa shape index (κ3) is 2.44. The number of rotatable bonds is 2. The Balaban J connectivity index is 0.00000133. The average Bonchev–Trinajstić information content (AvgIpc) is 2.58. The molecule has 1 heterocycles. The summed E-state index contributed by atoms with van der Waals surface area (Å²) >= 11 is 0. The highest BCUT2D eigenvalue weighted by molar-refractivity contribution is 5.61. The minimum Gasteiger partial charge on any atom is -1.00 e. The summed E-state index contributed by atoms with van der Waals surface area (Å²) in [6.07, 6.45) is 6.84. The zero-order valence-corrected chi connectivity index (χ0v) is 13.4. The lowest BCUT2D eigenvalue weighted by Crippen LogP contribution is -3.00. The Morgan fingerprint density at radius 3 is 2.79 bits per heavy atom. The Morgan fingerprint density at radius 2 is 2.05 bits per heavy atom. The zero-order chi connectivity index (χ0) is 12.8. The fourth-order valence-electron chi connectivity index (χ4n) is 3.76. The van der Waals surface area contributed by atoms with Gasteiger partial charge in [0, 0.05) is 12.3 Å². The third-order valence-corrected chi connectivity index (χ3v) is 4.62. The Kier molecular flexibility index (Phi) is 4.03. The molecule has 102 valence electrons. The van der Waals surface area contributed by atoms with Crippen molar-refractivity contribution in [2.45, 2.75) is 18.9 Å². The maximum Gasteiger partial charge on any atom is 0.114 e. The molecule has 0 N–H and O–H groups in total. The van der Waals surface area contributed by atoms with E-state index in [1.54, 1.807) is 5.57 Å². The lowest BCUT2D eigenvalue weighted by molar-refractivity contribution is -0.900. The molecule has 0 bridgehead atoms. The lowest BCUT2D eigenvalue weighted by Gasteiger charge is -2.31. The molecule has 3 rings (SSSR count). The van der Waals surface area contributed by atoms with Crippen LogP contribution in [0.2, 0.25) is 0 Å². The molecule has 1 aliphatic carbocycles. The van der Waals surface area contributed by atoms with Crippen molar-refractivity contribution in [3.05, 3.63) is 53.6 Å². The van der Waals surface area contributed by atoms with Crippen molar-refractivity contribution in [3.8, 4) is 0 Å². The van der Waals surface area contributed by atoms with Crippen molar-refractivity contribution in [1.82, 2.24) is 0 Å². The highest BCUT2D eigenvalue weighted by Gasteiger charge is 2.45. The standard InChI is InChI=1S/C17H22N.BrH/c1-4-7-17-16-11-14-9-6-5-8-13(14)10-15(16)12-18(17,2)3;/h4-6,8-9,11,15,17H,1,7,10,12H2,2-3H3;1H/q+1;/p-1. The van der Waals surface area contributed by atoms with E-state index in [1.165, 1.54) is 24.1 Å². The van der Waals surface area contributed by atoms with Crippen molar-refractivity contribution < 1.29 is 21.5 Å². The maximum absolute atomic E-state index is 3.93. The van der Waals surface area contributed by atoms with Crippen LogP contribution in [0.15, 0.2) is 42.5 Å². The van der Waals surface area contributed by atoms with Crippen LogP contribution in [0.25, 0.3) is 6.08 Å². The van der Waals surface area contributed by atoms with Crippen molar-refractivity contribution >= 4 is 6.08 Å². The molecule has 1 nitrogen and oxygen atoms in total. The summed E-state index contributed by atoms with van der Waals surface area (Å²) in [6.45, 7) is 5.20. The van der Waals surface area contributed by atoms with Crippen molar-refractivity contribution in [1.29, 1.82) is 0 Å². The number of halogens is 1. The van der Waals surface area contributed by atoms with E-state index in [-0.39, 0.29) is 17.0 Å². The number of benzene rings is 1. The monoisotopic (exact) mass is 319 g/mol. The molecule has 1 aliphatic heterocycles. The number of fused-ring (bicyclic) bond motifs is 2. The highest BCUT2D eigenvalue weighted by Crippen LogP contribution is 2.41. The molecule has 1 aromatic carbocycles. The van der Waals surface area contributed by atoms with Crippen molar-refractivity contribution in [2.24, 2.45) is 5.92 Å². The van der Waals surface area contributed by atoms with Gasteiger partial charge in [-0.25, -0.2) is 0 Å². The number of likely N-dealkylation sites (tertiary alicyclic amines) is 1. The minimum atomic E-state index is 0. The molecular formula is C17H22BrN. The van der Waals surface area contributed by atoms with Crippen LogP contribution in [-0.4, -0.2) is 31.2 Å². The normalized spacial score (nSPS) is 26.7. The van der Waals surface area contributed by atoms with Crippen LogP contribution in [0.3, 0.4) is 0 Å². The van der Waals surface area contributed by atoms with E-state index in [1.807, 2.05) is 0 Å². The molecule has 0 amide bonds. The van der Waals surface area contributed by atoms with E-state index in [2.05, 4.69) is 57.1 Å². The predicted molar refractivity (Wildman–Crippen MR) is 77.2 cm³/mol. The Morgan fingerprint density at radius 1 is 1.32 bits per heavy atom. The summed E-state index contributed by atoms with van der Waals surface area (Å²) in [5, 5.41) is 0. The Bertz CT molecular complexity index is 516. The number of quaternary nitrogens is 1. The zero-order valence-electron chi connectivity index (χ0n) is 11.8. The van der Waals surface area contributed by atoms with Crippen LogP contribution in [0.1, 0.15) is 17.5 Å². The first kappa shape index (κ1) is 14.5. The SMILES string of the molecule is C=CCC1C2=Cc3ccccc3CC2C[N+]1(C)C.[Br-]. The lowest BCUT2D eigenvalue weighted by atomic mass is 9.82.